The maximum atomic E-state index is 13.8. The highest BCUT2D eigenvalue weighted by Crippen LogP contribution is 2.26. The number of ether oxygens (including phenoxy) is 1. The molecule has 0 saturated carbocycles. The molecule has 0 aromatic heterocycles. The largest absolute Gasteiger partial charge is 0.482 e. The lowest BCUT2D eigenvalue weighted by Crippen LogP contribution is -2.62. The highest BCUT2D eigenvalue weighted by Gasteiger charge is 2.42. The van der Waals surface area contributed by atoms with Crippen LogP contribution in [0.15, 0.2) is 59.5 Å². The Hall–Kier alpha value is -3.44. The summed E-state index contributed by atoms with van der Waals surface area (Å²) in [5, 5.41) is 8.76. The van der Waals surface area contributed by atoms with Gasteiger partial charge in [0.15, 0.2) is 6.61 Å². The van der Waals surface area contributed by atoms with Crippen molar-refractivity contribution in [3.05, 3.63) is 60.2 Å². The van der Waals surface area contributed by atoms with Gasteiger partial charge in [-0.15, -0.1) is 0 Å². The lowest BCUT2D eigenvalue weighted by atomic mass is 10.1. The first-order valence-electron chi connectivity index (χ1n) is 11.6. The minimum atomic E-state index is -4.11. The summed E-state index contributed by atoms with van der Waals surface area (Å²) in [4.78, 5) is 39.7. The van der Waals surface area contributed by atoms with Crippen LogP contribution in [0.5, 0.6) is 5.75 Å². The third-order valence-corrected chi connectivity index (χ3v) is 7.88. The van der Waals surface area contributed by atoms with E-state index in [0.29, 0.717) is 6.54 Å². The van der Waals surface area contributed by atoms with Crippen LogP contribution < -0.4 is 4.74 Å². The van der Waals surface area contributed by atoms with Crippen molar-refractivity contribution in [2.75, 3.05) is 26.2 Å². The zero-order valence-corrected chi connectivity index (χ0v) is 21.3. The van der Waals surface area contributed by atoms with E-state index in [4.69, 9.17) is 9.84 Å². The lowest BCUT2D eigenvalue weighted by molar-refractivity contribution is -0.142. The van der Waals surface area contributed by atoms with Gasteiger partial charge in [0.2, 0.25) is 21.8 Å². The number of nitrogens with zero attached hydrogens (tertiary/aromatic N) is 3. The molecule has 2 aromatic rings. The van der Waals surface area contributed by atoms with Crippen LogP contribution in [0.2, 0.25) is 0 Å². The smallest absolute Gasteiger partial charge is 0.341 e. The molecule has 0 bridgehead atoms. The van der Waals surface area contributed by atoms with Crippen LogP contribution in [0, 0.1) is 0 Å². The van der Waals surface area contributed by atoms with Crippen molar-refractivity contribution in [3.63, 3.8) is 0 Å². The predicted molar refractivity (Wildman–Crippen MR) is 132 cm³/mol. The average molecular weight is 518 g/mol. The molecule has 1 atom stereocenters. The van der Waals surface area contributed by atoms with Gasteiger partial charge in [0.25, 0.3) is 0 Å². The Balaban J connectivity index is 1.91. The van der Waals surface area contributed by atoms with Crippen LogP contribution in [-0.2, 0) is 31.0 Å². The van der Waals surface area contributed by atoms with Gasteiger partial charge in [-0.3, -0.25) is 9.59 Å². The van der Waals surface area contributed by atoms with E-state index in [0.717, 1.165) is 9.87 Å². The van der Waals surface area contributed by atoms with Crippen molar-refractivity contribution < 1.29 is 32.6 Å². The van der Waals surface area contributed by atoms with Crippen LogP contribution in [-0.4, -0.2) is 83.7 Å². The molecule has 0 radical (unpaired) electrons. The molecule has 2 amide bonds. The molecule has 10 nitrogen and oxygen atoms in total. The number of rotatable bonds is 9. The molecule has 1 saturated heterocycles. The number of carboxylic acid groups (broad SMARTS) is 1. The number of benzene rings is 2. The number of piperazine rings is 1. The van der Waals surface area contributed by atoms with Crippen LogP contribution in [0.1, 0.15) is 26.3 Å². The first kappa shape index (κ1) is 27.2. The Morgan fingerprint density at radius 1 is 1.06 bits per heavy atom. The number of hydrogen-bond donors (Lipinski definition) is 1. The van der Waals surface area contributed by atoms with Gasteiger partial charge in [-0.1, -0.05) is 30.3 Å². The quantitative estimate of drug-likeness (QED) is 0.538. The SMILES string of the molecule is CC(=O)N1CCN(S(=O)(=O)c2ccc(OCC(=O)O)cc2)C(C(=O)N(Cc2ccccc2)C(C)C)C1. The van der Waals surface area contributed by atoms with Gasteiger partial charge in [0.1, 0.15) is 11.8 Å². The van der Waals surface area contributed by atoms with E-state index in [1.807, 2.05) is 44.2 Å². The number of amides is 2. The molecule has 194 valence electrons. The normalized spacial score (nSPS) is 16.6. The van der Waals surface area contributed by atoms with E-state index in [-0.39, 0.29) is 48.1 Å². The van der Waals surface area contributed by atoms with Crippen LogP contribution in [0.3, 0.4) is 0 Å². The van der Waals surface area contributed by atoms with Crippen molar-refractivity contribution in [2.45, 2.75) is 44.3 Å². The molecule has 11 heteroatoms. The van der Waals surface area contributed by atoms with Gasteiger partial charge >= 0.3 is 5.97 Å². The van der Waals surface area contributed by atoms with Crippen molar-refractivity contribution in [3.8, 4) is 5.75 Å². The summed E-state index contributed by atoms with van der Waals surface area (Å²) in [6.45, 7) is 4.95. The van der Waals surface area contributed by atoms with Gasteiger partial charge in [-0.25, -0.2) is 13.2 Å². The number of carbonyl (C=O) groups excluding carboxylic acids is 2. The molecular formula is C25H31N3O7S. The Kier molecular flexibility index (Phi) is 8.70. The Bertz CT molecular complexity index is 1180. The molecule has 1 unspecified atom stereocenters. The molecule has 0 aliphatic carbocycles. The molecule has 0 spiro atoms. The van der Waals surface area contributed by atoms with Crippen LogP contribution in [0.25, 0.3) is 0 Å². The number of carboxylic acids is 1. The first-order valence-corrected chi connectivity index (χ1v) is 13.0. The highest BCUT2D eigenvalue weighted by atomic mass is 32.2. The molecule has 3 rings (SSSR count). The van der Waals surface area contributed by atoms with Gasteiger partial charge in [0.05, 0.1) is 4.90 Å². The summed E-state index contributed by atoms with van der Waals surface area (Å²) in [7, 11) is -4.11. The Morgan fingerprint density at radius 2 is 1.69 bits per heavy atom. The second-order valence-corrected chi connectivity index (χ2v) is 10.7. The molecule has 1 aliphatic heterocycles. The predicted octanol–water partition coefficient (Wildman–Crippen LogP) is 1.81. The van der Waals surface area contributed by atoms with E-state index >= 15 is 0 Å². The maximum absolute atomic E-state index is 13.8. The zero-order chi connectivity index (χ0) is 26.5. The molecular weight excluding hydrogens is 486 g/mol. The lowest BCUT2D eigenvalue weighted by Gasteiger charge is -2.42. The topological polar surface area (TPSA) is 125 Å². The third-order valence-electron chi connectivity index (χ3n) is 5.96. The van der Waals surface area contributed by atoms with E-state index in [1.165, 1.54) is 36.1 Å². The van der Waals surface area contributed by atoms with E-state index in [1.54, 1.807) is 4.90 Å². The third kappa shape index (κ3) is 6.41. The van der Waals surface area contributed by atoms with Crippen LogP contribution in [0.4, 0.5) is 0 Å². The fraction of sp³-hybridized carbons (Fsp3) is 0.400. The fourth-order valence-corrected chi connectivity index (χ4v) is 5.58. The van der Waals surface area contributed by atoms with Gasteiger partial charge in [0, 0.05) is 39.1 Å². The van der Waals surface area contributed by atoms with Crippen molar-refractivity contribution in [1.82, 2.24) is 14.1 Å². The molecule has 1 aliphatic rings. The molecule has 1 fully saturated rings. The number of aliphatic carboxylic acids is 1. The Labute approximate surface area is 211 Å². The van der Waals surface area contributed by atoms with E-state index < -0.39 is 28.6 Å². The van der Waals surface area contributed by atoms with Crippen molar-refractivity contribution in [2.24, 2.45) is 0 Å². The summed E-state index contributed by atoms with van der Waals surface area (Å²) in [5.41, 5.74) is 0.908. The maximum Gasteiger partial charge on any atom is 0.341 e. The first-order chi connectivity index (χ1) is 17.0. The summed E-state index contributed by atoms with van der Waals surface area (Å²) in [5.74, 6) is -1.56. The van der Waals surface area contributed by atoms with Crippen molar-refractivity contribution in [1.29, 1.82) is 0 Å². The molecule has 1 N–H and O–H groups in total. The van der Waals surface area contributed by atoms with Crippen LogP contribution >= 0.6 is 0 Å². The summed E-state index contributed by atoms with van der Waals surface area (Å²) < 4.78 is 33.5. The van der Waals surface area contributed by atoms with E-state index in [2.05, 4.69) is 0 Å². The van der Waals surface area contributed by atoms with E-state index in [9.17, 15) is 22.8 Å². The average Bonchev–Trinajstić information content (AvgIpc) is 2.86. The van der Waals surface area contributed by atoms with Gasteiger partial charge < -0.3 is 19.6 Å². The fourth-order valence-electron chi connectivity index (χ4n) is 4.02. The standard InChI is InChI=1S/C25H31N3O7S/c1-18(2)27(15-20-7-5-4-6-8-20)25(32)23-16-26(19(3)29)13-14-28(23)36(33,34)22-11-9-21(10-12-22)35-17-24(30)31/h4-12,18,23H,13-17H2,1-3H3,(H,30,31). The summed E-state index contributed by atoms with van der Waals surface area (Å²) in [6.07, 6.45) is 0. The second kappa shape index (κ2) is 11.5. The van der Waals surface area contributed by atoms with Gasteiger partial charge in [-0.2, -0.15) is 4.31 Å². The molecule has 2 aromatic carbocycles. The zero-order valence-electron chi connectivity index (χ0n) is 20.5. The Morgan fingerprint density at radius 3 is 2.25 bits per heavy atom. The molecule has 1 heterocycles. The number of hydrogen-bond acceptors (Lipinski definition) is 6. The number of sulfonamides is 1. The minimum absolute atomic E-state index is 0.0349. The van der Waals surface area contributed by atoms with Gasteiger partial charge in [-0.05, 0) is 43.7 Å². The minimum Gasteiger partial charge on any atom is -0.482 e. The second-order valence-electron chi connectivity index (χ2n) is 8.80. The highest BCUT2D eigenvalue weighted by molar-refractivity contribution is 7.89. The summed E-state index contributed by atoms with van der Waals surface area (Å²) >= 11 is 0. The number of carbonyl (C=O) groups is 3. The van der Waals surface area contributed by atoms with Crippen molar-refractivity contribution >= 4 is 27.8 Å². The molecule has 36 heavy (non-hydrogen) atoms. The monoisotopic (exact) mass is 517 g/mol. The summed E-state index contributed by atoms with van der Waals surface area (Å²) in [6, 6.07) is 13.5.